The van der Waals surface area contributed by atoms with Crippen molar-refractivity contribution in [2.75, 3.05) is 4.90 Å². The van der Waals surface area contributed by atoms with Gasteiger partial charge in [-0.15, -0.1) is 0 Å². The van der Waals surface area contributed by atoms with E-state index in [-0.39, 0.29) is 24.8 Å². The molecule has 0 aromatic heterocycles. The molecule has 2 atom stereocenters. The van der Waals surface area contributed by atoms with Crippen LogP contribution in [-0.2, 0) is 21.5 Å². The van der Waals surface area contributed by atoms with E-state index in [1.807, 2.05) is 54.3 Å². The molecule has 0 saturated carbocycles. The van der Waals surface area contributed by atoms with Crippen molar-refractivity contribution in [3.05, 3.63) is 65.7 Å². The fourth-order valence-electron chi connectivity index (χ4n) is 4.10. The Kier molecular flexibility index (Phi) is 4.18. The van der Waals surface area contributed by atoms with Gasteiger partial charge in [0.2, 0.25) is 5.91 Å². The Bertz CT molecular complexity index is 912. The summed E-state index contributed by atoms with van der Waals surface area (Å²) in [6.45, 7) is 2.02. The SMILES string of the molecule is CC1Cc2ccccc2N1C(=O)CCC1(c2ccccc2)NC(=O)NC1=O. The number of hydrogen-bond donors (Lipinski definition) is 2. The number of nitrogens with one attached hydrogen (secondary N) is 2. The zero-order valence-electron chi connectivity index (χ0n) is 15.1. The summed E-state index contributed by atoms with van der Waals surface area (Å²) in [6.07, 6.45) is 1.18. The topological polar surface area (TPSA) is 78.5 Å². The molecule has 6 heteroatoms. The summed E-state index contributed by atoms with van der Waals surface area (Å²) in [6, 6.07) is 16.5. The van der Waals surface area contributed by atoms with Crippen LogP contribution >= 0.6 is 0 Å². The van der Waals surface area contributed by atoms with Crippen LogP contribution in [0.15, 0.2) is 54.6 Å². The van der Waals surface area contributed by atoms with Crippen molar-refractivity contribution in [2.24, 2.45) is 0 Å². The van der Waals surface area contributed by atoms with Crippen molar-refractivity contribution in [2.45, 2.75) is 37.8 Å². The van der Waals surface area contributed by atoms with Gasteiger partial charge in [-0.1, -0.05) is 48.5 Å². The Morgan fingerprint density at radius 2 is 1.81 bits per heavy atom. The lowest BCUT2D eigenvalue weighted by Crippen LogP contribution is -2.45. The highest BCUT2D eigenvalue weighted by Gasteiger charge is 2.48. The number of urea groups is 1. The number of nitrogens with zero attached hydrogens (tertiary/aromatic N) is 1. The molecule has 4 amide bonds. The zero-order chi connectivity index (χ0) is 19.0. The van der Waals surface area contributed by atoms with E-state index in [2.05, 4.69) is 10.6 Å². The van der Waals surface area contributed by atoms with Crippen LogP contribution in [0.3, 0.4) is 0 Å². The molecule has 2 N–H and O–H groups in total. The molecule has 2 aliphatic heterocycles. The van der Waals surface area contributed by atoms with Gasteiger partial charge in [0.25, 0.3) is 5.91 Å². The molecule has 2 heterocycles. The summed E-state index contributed by atoms with van der Waals surface area (Å²) < 4.78 is 0. The van der Waals surface area contributed by atoms with Gasteiger partial charge in [-0.2, -0.15) is 0 Å². The van der Waals surface area contributed by atoms with Gasteiger partial charge in [-0.3, -0.25) is 14.9 Å². The predicted molar refractivity (Wildman–Crippen MR) is 101 cm³/mol. The number of para-hydroxylation sites is 1. The van der Waals surface area contributed by atoms with Crippen LogP contribution in [0.5, 0.6) is 0 Å². The third-order valence-electron chi connectivity index (χ3n) is 5.40. The minimum absolute atomic E-state index is 0.0447. The van der Waals surface area contributed by atoms with E-state index in [0.29, 0.717) is 5.56 Å². The van der Waals surface area contributed by atoms with Crippen molar-refractivity contribution >= 4 is 23.5 Å². The van der Waals surface area contributed by atoms with Crippen LogP contribution in [-0.4, -0.2) is 23.9 Å². The van der Waals surface area contributed by atoms with E-state index in [0.717, 1.165) is 17.7 Å². The quantitative estimate of drug-likeness (QED) is 0.819. The smallest absolute Gasteiger partial charge is 0.319 e. The monoisotopic (exact) mass is 363 g/mol. The highest BCUT2D eigenvalue weighted by Crippen LogP contribution is 2.35. The number of amides is 4. The molecule has 0 spiro atoms. The maximum Gasteiger partial charge on any atom is 0.322 e. The second-order valence-electron chi connectivity index (χ2n) is 7.13. The molecule has 0 aliphatic carbocycles. The normalized spacial score (nSPS) is 23.7. The summed E-state index contributed by atoms with van der Waals surface area (Å²) in [4.78, 5) is 39.2. The number of imide groups is 1. The average Bonchev–Trinajstić information content (AvgIpc) is 3.16. The number of carbonyl (C=O) groups is 3. The third-order valence-corrected chi connectivity index (χ3v) is 5.40. The average molecular weight is 363 g/mol. The fourth-order valence-corrected chi connectivity index (χ4v) is 4.10. The largest absolute Gasteiger partial charge is 0.322 e. The van der Waals surface area contributed by atoms with E-state index in [4.69, 9.17) is 0 Å². The Morgan fingerprint density at radius 3 is 2.52 bits per heavy atom. The first kappa shape index (κ1) is 17.3. The molecular formula is C21H21N3O3. The van der Waals surface area contributed by atoms with Crippen LogP contribution in [0.1, 0.15) is 30.9 Å². The van der Waals surface area contributed by atoms with Crippen molar-refractivity contribution < 1.29 is 14.4 Å². The molecule has 1 saturated heterocycles. The summed E-state index contributed by atoms with van der Waals surface area (Å²) in [5.74, 6) is -0.460. The van der Waals surface area contributed by atoms with Gasteiger partial charge in [0.05, 0.1) is 0 Å². The second-order valence-corrected chi connectivity index (χ2v) is 7.13. The van der Waals surface area contributed by atoms with Gasteiger partial charge < -0.3 is 10.2 Å². The minimum atomic E-state index is -1.21. The highest BCUT2D eigenvalue weighted by molar-refractivity contribution is 6.08. The lowest BCUT2D eigenvalue weighted by atomic mass is 9.85. The van der Waals surface area contributed by atoms with Gasteiger partial charge >= 0.3 is 6.03 Å². The maximum absolute atomic E-state index is 13.0. The standard InChI is InChI=1S/C21H21N3O3/c1-14-13-15-7-5-6-10-17(15)24(14)18(25)11-12-21(16-8-3-2-4-9-16)19(26)22-20(27)23-21/h2-10,14H,11-13H2,1H3,(H2,22,23,26,27). The van der Waals surface area contributed by atoms with E-state index < -0.39 is 17.5 Å². The van der Waals surface area contributed by atoms with Crippen LogP contribution in [0.2, 0.25) is 0 Å². The van der Waals surface area contributed by atoms with Crippen LogP contribution < -0.4 is 15.5 Å². The fraction of sp³-hybridized carbons (Fsp3) is 0.286. The molecule has 2 aromatic carbocycles. The number of anilines is 1. The summed E-state index contributed by atoms with van der Waals surface area (Å²) in [5.41, 5.74) is 1.55. The molecule has 1 fully saturated rings. The Balaban J connectivity index is 1.58. The number of carbonyl (C=O) groups excluding carboxylic acids is 3. The molecule has 2 aromatic rings. The van der Waals surface area contributed by atoms with Crippen molar-refractivity contribution in [1.82, 2.24) is 10.6 Å². The van der Waals surface area contributed by atoms with Gasteiger partial charge in [-0.05, 0) is 37.0 Å². The number of benzene rings is 2. The van der Waals surface area contributed by atoms with E-state index in [9.17, 15) is 14.4 Å². The van der Waals surface area contributed by atoms with Gasteiger partial charge in [0.15, 0.2) is 0 Å². The lowest BCUT2D eigenvalue weighted by molar-refractivity contribution is -0.125. The number of fused-ring (bicyclic) bond motifs is 1. The first-order valence-electron chi connectivity index (χ1n) is 9.10. The maximum atomic E-state index is 13.0. The minimum Gasteiger partial charge on any atom is -0.319 e. The molecular weight excluding hydrogens is 342 g/mol. The first-order chi connectivity index (χ1) is 13.0. The summed E-state index contributed by atoms with van der Waals surface area (Å²) in [5, 5.41) is 5.05. The zero-order valence-corrected chi connectivity index (χ0v) is 15.1. The van der Waals surface area contributed by atoms with Crippen molar-refractivity contribution in [1.29, 1.82) is 0 Å². The predicted octanol–water partition coefficient (Wildman–Crippen LogP) is 2.48. The van der Waals surface area contributed by atoms with Gasteiger partial charge in [0.1, 0.15) is 5.54 Å². The van der Waals surface area contributed by atoms with Gasteiger partial charge in [0, 0.05) is 18.2 Å². The Labute approximate surface area is 157 Å². The lowest BCUT2D eigenvalue weighted by Gasteiger charge is -2.28. The second kappa shape index (κ2) is 6.54. The van der Waals surface area contributed by atoms with Crippen LogP contribution in [0, 0.1) is 0 Å². The number of hydrogen-bond acceptors (Lipinski definition) is 3. The molecule has 2 unspecified atom stereocenters. The molecule has 6 nitrogen and oxygen atoms in total. The Hall–Kier alpha value is -3.15. The molecule has 27 heavy (non-hydrogen) atoms. The molecule has 138 valence electrons. The van der Waals surface area contributed by atoms with Gasteiger partial charge in [-0.25, -0.2) is 4.79 Å². The molecule has 0 radical (unpaired) electrons. The van der Waals surface area contributed by atoms with Crippen molar-refractivity contribution in [3.8, 4) is 0 Å². The summed E-state index contributed by atoms with van der Waals surface area (Å²) >= 11 is 0. The van der Waals surface area contributed by atoms with Crippen LogP contribution in [0.25, 0.3) is 0 Å². The molecule has 0 bridgehead atoms. The highest BCUT2D eigenvalue weighted by atomic mass is 16.2. The Morgan fingerprint density at radius 1 is 1.11 bits per heavy atom. The third kappa shape index (κ3) is 2.87. The van der Waals surface area contributed by atoms with E-state index in [1.54, 1.807) is 12.1 Å². The van der Waals surface area contributed by atoms with E-state index >= 15 is 0 Å². The summed E-state index contributed by atoms with van der Waals surface area (Å²) in [7, 11) is 0. The first-order valence-corrected chi connectivity index (χ1v) is 9.10. The van der Waals surface area contributed by atoms with E-state index in [1.165, 1.54) is 0 Å². The molecule has 2 aliphatic rings. The molecule has 4 rings (SSSR count). The number of rotatable bonds is 4. The van der Waals surface area contributed by atoms with Crippen molar-refractivity contribution in [3.63, 3.8) is 0 Å². The van der Waals surface area contributed by atoms with Crippen LogP contribution in [0.4, 0.5) is 10.5 Å².